The summed E-state index contributed by atoms with van der Waals surface area (Å²) in [6.45, 7) is 5.28. The Morgan fingerprint density at radius 1 is 0.972 bits per heavy atom. The first-order chi connectivity index (χ1) is 17.1. The molecule has 1 aromatic carbocycles. The van der Waals surface area contributed by atoms with Crippen molar-refractivity contribution < 1.29 is 17.9 Å². The Hall–Kier alpha value is -4.31. The third kappa shape index (κ3) is 4.27. The first kappa shape index (κ1) is 23.4. The number of ether oxygens (including phenoxy) is 1. The number of pyridine rings is 1. The van der Waals surface area contributed by atoms with Crippen LogP contribution in [0, 0.1) is 0 Å². The normalized spacial score (nSPS) is 12.5. The van der Waals surface area contributed by atoms with Crippen LogP contribution in [-0.4, -0.2) is 43.8 Å². The molecule has 4 aromatic heterocycles. The van der Waals surface area contributed by atoms with E-state index >= 15 is 0 Å². The zero-order valence-electron chi connectivity index (χ0n) is 19.9. The van der Waals surface area contributed by atoms with Crippen LogP contribution in [0.4, 0.5) is 0 Å². The molecule has 9 nitrogen and oxygen atoms in total. The largest absolute Gasteiger partial charge is 0.457 e. The number of esters is 1. The van der Waals surface area contributed by atoms with Crippen molar-refractivity contribution in [1.82, 2.24) is 23.8 Å². The van der Waals surface area contributed by atoms with Gasteiger partial charge in [0.05, 0.1) is 22.3 Å². The van der Waals surface area contributed by atoms with E-state index in [0.29, 0.717) is 5.39 Å². The van der Waals surface area contributed by atoms with E-state index in [1.807, 2.05) is 6.07 Å². The molecule has 0 spiro atoms. The van der Waals surface area contributed by atoms with Crippen LogP contribution in [-0.2, 0) is 19.6 Å². The molecule has 0 radical (unpaired) electrons. The van der Waals surface area contributed by atoms with Crippen molar-refractivity contribution in [1.29, 1.82) is 0 Å². The zero-order valence-corrected chi connectivity index (χ0v) is 20.7. The number of carbonyl (C=O) groups excluding carboxylic acids is 1. The second kappa shape index (κ2) is 8.72. The highest BCUT2D eigenvalue weighted by molar-refractivity contribution is 7.90. The van der Waals surface area contributed by atoms with Gasteiger partial charge < -0.3 is 4.74 Å². The van der Waals surface area contributed by atoms with Gasteiger partial charge in [-0.15, -0.1) is 0 Å². The summed E-state index contributed by atoms with van der Waals surface area (Å²) in [6.07, 6.45) is 7.51. The van der Waals surface area contributed by atoms with E-state index in [4.69, 9.17) is 4.74 Å². The molecule has 0 saturated heterocycles. The smallest absolute Gasteiger partial charge is 0.331 e. The van der Waals surface area contributed by atoms with Crippen molar-refractivity contribution >= 4 is 38.6 Å². The predicted octanol–water partition coefficient (Wildman–Crippen LogP) is 4.34. The lowest BCUT2D eigenvalue weighted by Crippen LogP contribution is -2.22. The van der Waals surface area contributed by atoms with Gasteiger partial charge in [0.2, 0.25) is 0 Å². The van der Waals surface area contributed by atoms with Crippen molar-refractivity contribution in [3.05, 3.63) is 85.0 Å². The van der Waals surface area contributed by atoms with Gasteiger partial charge in [0, 0.05) is 29.4 Å². The summed E-state index contributed by atoms with van der Waals surface area (Å²) in [4.78, 5) is 16.9. The molecule has 0 aliphatic carbocycles. The highest BCUT2D eigenvalue weighted by atomic mass is 32.2. The minimum absolute atomic E-state index is 0.0989. The number of hydrogen-bond donors (Lipinski definition) is 0. The average molecular weight is 502 g/mol. The van der Waals surface area contributed by atoms with E-state index in [1.54, 1.807) is 75.8 Å². The fraction of sp³-hybridized carbons (Fsp3) is 0.154. The summed E-state index contributed by atoms with van der Waals surface area (Å²) in [5.41, 5.74) is 2.06. The van der Waals surface area contributed by atoms with E-state index in [2.05, 4.69) is 15.2 Å². The number of nitrogens with zero attached hydrogens (tertiary/aromatic N) is 5. The molecule has 0 aliphatic rings. The molecule has 0 N–H and O–H groups in total. The maximum absolute atomic E-state index is 13.8. The predicted molar refractivity (Wildman–Crippen MR) is 136 cm³/mol. The molecule has 5 aromatic rings. The van der Waals surface area contributed by atoms with Gasteiger partial charge in [-0.05, 0) is 68.8 Å². The Morgan fingerprint density at radius 3 is 2.50 bits per heavy atom. The Kier molecular flexibility index (Phi) is 5.68. The molecule has 0 fully saturated rings. The molecule has 10 heteroatoms. The molecule has 0 saturated carbocycles. The molecule has 0 atom stereocenters. The molecule has 0 aliphatic heterocycles. The van der Waals surface area contributed by atoms with Crippen molar-refractivity contribution in [2.45, 2.75) is 31.3 Å². The molecule has 0 amide bonds. The number of hydrogen-bond acceptors (Lipinski definition) is 7. The fourth-order valence-corrected chi connectivity index (χ4v) is 5.40. The molecule has 0 unspecified atom stereocenters. The average Bonchev–Trinajstić information content (AvgIpc) is 3.44. The van der Waals surface area contributed by atoms with Crippen molar-refractivity contribution in [2.75, 3.05) is 0 Å². The topological polar surface area (TPSA) is 108 Å². The molecule has 4 heterocycles. The lowest BCUT2D eigenvalue weighted by Gasteiger charge is -2.17. The lowest BCUT2D eigenvalue weighted by molar-refractivity contribution is -0.148. The number of aromatic nitrogens is 5. The number of fused-ring (bicyclic) bond motifs is 2. The van der Waals surface area contributed by atoms with E-state index in [-0.39, 0.29) is 16.2 Å². The van der Waals surface area contributed by atoms with Crippen LogP contribution in [0.1, 0.15) is 26.5 Å². The van der Waals surface area contributed by atoms with Crippen molar-refractivity contribution in [2.24, 2.45) is 0 Å². The Morgan fingerprint density at radius 2 is 1.75 bits per heavy atom. The second-order valence-electron chi connectivity index (χ2n) is 9.07. The van der Waals surface area contributed by atoms with Gasteiger partial charge in [-0.2, -0.15) is 14.8 Å². The van der Waals surface area contributed by atoms with Crippen LogP contribution in [0.15, 0.2) is 84.2 Å². The molecular formula is C26H23N5O4S. The molecule has 36 heavy (non-hydrogen) atoms. The van der Waals surface area contributed by atoms with Crippen molar-refractivity contribution in [3.8, 4) is 11.1 Å². The first-order valence-corrected chi connectivity index (χ1v) is 12.6. The van der Waals surface area contributed by atoms with Gasteiger partial charge >= 0.3 is 5.97 Å². The molecular weight excluding hydrogens is 478 g/mol. The van der Waals surface area contributed by atoms with Crippen LogP contribution < -0.4 is 0 Å². The number of rotatable bonds is 5. The Balaban J connectivity index is 1.75. The fourth-order valence-electron chi connectivity index (χ4n) is 3.93. The van der Waals surface area contributed by atoms with Gasteiger partial charge in [0.1, 0.15) is 5.60 Å². The quantitative estimate of drug-likeness (QED) is 0.260. The van der Waals surface area contributed by atoms with Gasteiger partial charge in [0.25, 0.3) is 10.0 Å². The minimum Gasteiger partial charge on any atom is -0.457 e. The third-order valence-electron chi connectivity index (χ3n) is 5.36. The highest BCUT2D eigenvalue weighted by Gasteiger charge is 2.25. The monoisotopic (exact) mass is 501 g/mol. The van der Waals surface area contributed by atoms with Crippen LogP contribution in [0.25, 0.3) is 33.8 Å². The van der Waals surface area contributed by atoms with Gasteiger partial charge in [-0.3, -0.25) is 0 Å². The summed E-state index contributed by atoms with van der Waals surface area (Å²) in [5.74, 6) is -0.585. The van der Waals surface area contributed by atoms with Crippen molar-refractivity contribution in [3.63, 3.8) is 0 Å². The zero-order chi connectivity index (χ0) is 25.5. The van der Waals surface area contributed by atoms with Gasteiger partial charge in [-0.25, -0.2) is 22.2 Å². The van der Waals surface area contributed by atoms with E-state index in [9.17, 15) is 13.2 Å². The van der Waals surface area contributed by atoms with E-state index in [0.717, 1.165) is 20.6 Å². The standard InChI is InChI=1S/C26H23N5O4S/c1-26(2,3)35-24(32)12-11-18-16-21-20(22-17-29-31-23(22)10-7-14-28-31)13-15-27-25(21)30(18)36(33,34)19-8-5-4-6-9-19/h4-17H,1-3H3/b12-11+. The maximum atomic E-state index is 13.8. The lowest BCUT2D eigenvalue weighted by atomic mass is 10.1. The first-order valence-electron chi connectivity index (χ1n) is 11.2. The molecule has 182 valence electrons. The van der Waals surface area contributed by atoms with Crippen LogP contribution in [0.2, 0.25) is 0 Å². The summed E-state index contributed by atoms with van der Waals surface area (Å²) in [6, 6.07) is 15.3. The second-order valence-corrected chi connectivity index (χ2v) is 10.9. The molecule has 5 rings (SSSR count). The summed E-state index contributed by atoms with van der Waals surface area (Å²) < 4.78 is 35.5. The van der Waals surface area contributed by atoms with Crippen LogP contribution in [0.5, 0.6) is 0 Å². The highest BCUT2D eigenvalue weighted by Crippen LogP contribution is 2.34. The molecule has 0 bridgehead atoms. The van der Waals surface area contributed by atoms with Gasteiger partial charge in [0.15, 0.2) is 5.65 Å². The van der Waals surface area contributed by atoms with Crippen LogP contribution >= 0.6 is 0 Å². The van der Waals surface area contributed by atoms with Crippen LogP contribution in [0.3, 0.4) is 0 Å². The third-order valence-corrected chi connectivity index (χ3v) is 7.09. The summed E-state index contributed by atoms with van der Waals surface area (Å²) in [5, 5.41) is 9.10. The Bertz CT molecular complexity index is 1730. The van der Waals surface area contributed by atoms with E-state index < -0.39 is 21.6 Å². The maximum Gasteiger partial charge on any atom is 0.331 e. The Labute approximate surface area is 207 Å². The van der Waals surface area contributed by atoms with Gasteiger partial charge in [-0.1, -0.05) is 18.2 Å². The number of carbonyl (C=O) groups is 1. The minimum atomic E-state index is -4.05. The SMILES string of the molecule is CC(C)(C)OC(=O)/C=C/c1cc2c(-c3cnn4ncccc34)ccnc2n1S(=O)(=O)c1ccccc1. The van der Waals surface area contributed by atoms with E-state index in [1.165, 1.54) is 28.9 Å². The summed E-state index contributed by atoms with van der Waals surface area (Å²) in [7, 11) is -4.05. The summed E-state index contributed by atoms with van der Waals surface area (Å²) >= 11 is 0. The number of benzene rings is 1.